The number of hydrogen-bond acceptors (Lipinski definition) is 6. The van der Waals surface area contributed by atoms with Crippen molar-refractivity contribution in [3.8, 4) is 0 Å². The van der Waals surface area contributed by atoms with Crippen LogP contribution in [-0.4, -0.2) is 57.3 Å². The summed E-state index contributed by atoms with van der Waals surface area (Å²) in [7, 11) is -3.95. The lowest BCUT2D eigenvalue weighted by Gasteiger charge is -2.30. The normalized spacial score (nSPS) is 20.5. The number of carbonyl (C=O) groups excluding carboxylic acids is 2. The molecule has 10 heteroatoms. The van der Waals surface area contributed by atoms with Crippen LogP contribution >= 0.6 is 11.6 Å². The zero-order valence-corrected chi connectivity index (χ0v) is 18.2. The molecule has 2 fully saturated rings. The van der Waals surface area contributed by atoms with Gasteiger partial charge in [0.1, 0.15) is 10.7 Å². The number of halogens is 1. The second kappa shape index (κ2) is 8.55. The number of sulfonamides is 1. The van der Waals surface area contributed by atoms with Gasteiger partial charge in [-0.2, -0.15) is 8.42 Å². The van der Waals surface area contributed by atoms with Crippen LogP contribution in [0.25, 0.3) is 0 Å². The molecule has 3 heterocycles. The van der Waals surface area contributed by atoms with Crippen molar-refractivity contribution in [3.05, 3.63) is 22.7 Å². The Balaban J connectivity index is 1.56. The molecule has 0 N–H and O–H groups in total. The molecule has 162 valence electrons. The van der Waals surface area contributed by atoms with Crippen LogP contribution in [0.5, 0.6) is 0 Å². The Hall–Kier alpha value is -2.13. The highest BCUT2D eigenvalue weighted by atomic mass is 35.5. The molecule has 0 bridgehead atoms. The van der Waals surface area contributed by atoms with Crippen molar-refractivity contribution in [3.63, 3.8) is 0 Å². The lowest BCUT2D eigenvalue weighted by molar-refractivity contribution is -0.135. The fourth-order valence-electron chi connectivity index (χ4n) is 4.09. The lowest BCUT2D eigenvalue weighted by Crippen LogP contribution is -2.38. The maximum atomic E-state index is 12.7. The molecular formula is C20H24ClN3O5S. The highest BCUT2D eigenvalue weighted by Gasteiger charge is 2.33. The van der Waals surface area contributed by atoms with Gasteiger partial charge < -0.3 is 14.5 Å². The van der Waals surface area contributed by atoms with Crippen LogP contribution in [0.4, 0.5) is 5.69 Å². The summed E-state index contributed by atoms with van der Waals surface area (Å²) < 4.78 is 34.6. The number of nitrogens with zero attached hydrogens (tertiary/aromatic N) is 3. The smallest absolute Gasteiger partial charge is 0.340 e. The van der Waals surface area contributed by atoms with Crippen LogP contribution in [0.15, 0.2) is 21.4 Å². The van der Waals surface area contributed by atoms with E-state index in [0.29, 0.717) is 37.6 Å². The summed E-state index contributed by atoms with van der Waals surface area (Å²) >= 11 is 6.33. The number of anilines is 1. The first-order valence-corrected chi connectivity index (χ1v) is 12.1. The number of piperidine rings is 1. The van der Waals surface area contributed by atoms with E-state index in [-0.39, 0.29) is 21.4 Å². The molecular weight excluding hydrogens is 430 g/mol. The molecule has 0 saturated carbocycles. The van der Waals surface area contributed by atoms with Gasteiger partial charge in [-0.25, -0.2) is 4.79 Å². The van der Waals surface area contributed by atoms with E-state index in [4.69, 9.17) is 16.3 Å². The molecule has 30 heavy (non-hydrogen) atoms. The van der Waals surface area contributed by atoms with Gasteiger partial charge in [0, 0.05) is 26.1 Å². The Bertz CT molecular complexity index is 1000. The van der Waals surface area contributed by atoms with Crippen LogP contribution < -0.4 is 4.90 Å². The first-order chi connectivity index (χ1) is 14.4. The number of benzene rings is 1. The molecule has 1 aromatic rings. The molecule has 0 atom stereocenters. The first-order valence-electron chi connectivity index (χ1n) is 10.3. The summed E-state index contributed by atoms with van der Waals surface area (Å²) in [5, 5.41) is 0.0878. The molecule has 0 unspecified atom stereocenters. The van der Waals surface area contributed by atoms with Gasteiger partial charge in [-0.1, -0.05) is 18.0 Å². The number of amides is 1. The van der Waals surface area contributed by atoms with Crippen molar-refractivity contribution in [1.29, 1.82) is 0 Å². The van der Waals surface area contributed by atoms with Crippen LogP contribution in [0.3, 0.4) is 0 Å². The molecule has 8 nitrogen and oxygen atoms in total. The SMILES string of the molecule is O=C(OCC(=O)N1CCCCC1)c1cc2c(cc1Cl)N1CCCCCC1=NS2(=O)=O. The molecule has 3 aliphatic heterocycles. The predicted octanol–water partition coefficient (Wildman–Crippen LogP) is 2.99. The molecule has 0 aliphatic carbocycles. The summed E-state index contributed by atoms with van der Waals surface area (Å²) in [6, 6.07) is 2.70. The van der Waals surface area contributed by atoms with Crippen molar-refractivity contribution < 1.29 is 22.7 Å². The van der Waals surface area contributed by atoms with Gasteiger partial charge in [0.25, 0.3) is 15.9 Å². The Labute approximate surface area is 180 Å². The van der Waals surface area contributed by atoms with E-state index >= 15 is 0 Å². The molecule has 0 radical (unpaired) electrons. The third-order valence-corrected chi connectivity index (χ3v) is 7.34. The highest BCUT2D eigenvalue weighted by molar-refractivity contribution is 7.90. The maximum Gasteiger partial charge on any atom is 0.340 e. The second-order valence-electron chi connectivity index (χ2n) is 7.76. The molecule has 3 aliphatic rings. The number of fused-ring (bicyclic) bond motifs is 3. The van der Waals surface area contributed by atoms with Gasteiger partial charge >= 0.3 is 5.97 Å². The summed E-state index contributed by atoms with van der Waals surface area (Å²) in [6.07, 6.45) is 6.33. The Morgan fingerprint density at radius 3 is 2.50 bits per heavy atom. The van der Waals surface area contributed by atoms with E-state index in [1.165, 1.54) is 12.1 Å². The Kier molecular flexibility index (Phi) is 6.02. The summed E-state index contributed by atoms with van der Waals surface area (Å²) in [5.41, 5.74) is 0.353. The van der Waals surface area contributed by atoms with Crippen LogP contribution in [0.2, 0.25) is 5.02 Å². The van der Waals surface area contributed by atoms with E-state index in [1.54, 1.807) is 4.90 Å². The molecule has 2 saturated heterocycles. The van der Waals surface area contributed by atoms with E-state index in [2.05, 4.69) is 4.40 Å². The third-order valence-electron chi connectivity index (χ3n) is 5.69. The topological polar surface area (TPSA) is 96.3 Å². The zero-order chi connectivity index (χ0) is 21.3. The summed E-state index contributed by atoms with van der Waals surface area (Å²) in [5.74, 6) is -0.573. The zero-order valence-electron chi connectivity index (χ0n) is 16.6. The maximum absolute atomic E-state index is 12.7. The van der Waals surface area contributed by atoms with Crippen molar-refractivity contribution in [2.24, 2.45) is 4.40 Å². The van der Waals surface area contributed by atoms with Gasteiger partial charge in [0.05, 0.1) is 16.3 Å². The average Bonchev–Trinajstić information content (AvgIpc) is 2.97. The number of hydrogen-bond donors (Lipinski definition) is 0. The van der Waals surface area contributed by atoms with Crippen molar-refractivity contribution in [2.75, 3.05) is 31.1 Å². The molecule has 1 aromatic carbocycles. The van der Waals surface area contributed by atoms with Gasteiger partial charge in [-0.15, -0.1) is 4.40 Å². The minimum atomic E-state index is -3.95. The Morgan fingerprint density at radius 2 is 1.73 bits per heavy atom. The predicted molar refractivity (Wildman–Crippen MR) is 113 cm³/mol. The van der Waals surface area contributed by atoms with Crippen molar-refractivity contribution in [1.82, 2.24) is 4.90 Å². The lowest BCUT2D eigenvalue weighted by atomic mass is 10.1. The minimum Gasteiger partial charge on any atom is -0.452 e. The number of likely N-dealkylation sites (tertiary alicyclic amines) is 1. The van der Waals surface area contributed by atoms with Crippen LogP contribution in [0, 0.1) is 0 Å². The fourth-order valence-corrected chi connectivity index (χ4v) is 5.59. The van der Waals surface area contributed by atoms with Crippen molar-refractivity contribution in [2.45, 2.75) is 49.8 Å². The fraction of sp³-hybridized carbons (Fsp3) is 0.550. The third kappa shape index (κ3) is 4.18. The van der Waals surface area contributed by atoms with Gasteiger partial charge in [0.2, 0.25) is 0 Å². The number of amidine groups is 1. The van der Waals surface area contributed by atoms with Crippen molar-refractivity contribution >= 4 is 45.0 Å². The average molecular weight is 454 g/mol. The molecule has 0 aromatic heterocycles. The number of ether oxygens (including phenoxy) is 1. The summed E-state index contributed by atoms with van der Waals surface area (Å²) in [4.78, 5) is 28.3. The second-order valence-corrected chi connectivity index (χ2v) is 9.74. The number of carbonyl (C=O) groups is 2. The minimum absolute atomic E-state index is 0.0631. The molecule has 4 rings (SSSR count). The quantitative estimate of drug-likeness (QED) is 0.653. The Morgan fingerprint density at radius 1 is 1.03 bits per heavy atom. The van der Waals surface area contributed by atoms with Gasteiger partial charge in [-0.3, -0.25) is 4.79 Å². The molecule has 1 amide bonds. The largest absolute Gasteiger partial charge is 0.452 e. The standard InChI is InChI=1S/C20H24ClN3O5S/c21-15-12-16-17(30(27,28)22-18-7-3-1-6-10-24(16)18)11-14(15)20(26)29-13-19(25)23-8-4-2-5-9-23/h11-12H,1-10,13H2. The van der Waals surface area contributed by atoms with E-state index in [1.807, 2.05) is 4.90 Å². The van der Waals surface area contributed by atoms with Crippen LogP contribution in [-0.2, 0) is 19.6 Å². The van der Waals surface area contributed by atoms with Gasteiger partial charge in [-0.05, 0) is 44.2 Å². The van der Waals surface area contributed by atoms with E-state index in [0.717, 1.165) is 38.5 Å². The number of rotatable bonds is 3. The molecule has 0 spiro atoms. The highest BCUT2D eigenvalue weighted by Crippen LogP contribution is 2.38. The first kappa shape index (κ1) is 21.1. The number of esters is 1. The van der Waals surface area contributed by atoms with Gasteiger partial charge in [0.15, 0.2) is 6.61 Å². The van der Waals surface area contributed by atoms with E-state index < -0.39 is 22.6 Å². The monoisotopic (exact) mass is 453 g/mol. The summed E-state index contributed by atoms with van der Waals surface area (Å²) in [6.45, 7) is 1.56. The van der Waals surface area contributed by atoms with Crippen LogP contribution in [0.1, 0.15) is 55.3 Å². The van der Waals surface area contributed by atoms with E-state index in [9.17, 15) is 18.0 Å².